The molecule has 0 aliphatic carbocycles. The van der Waals surface area contributed by atoms with Crippen LogP contribution in [0.4, 0.5) is 16.2 Å². The average Bonchev–Trinajstić information content (AvgIpc) is 2.28. The third-order valence-corrected chi connectivity index (χ3v) is 2.30. The Morgan fingerprint density at radius 3 is 2.61 bits per heavy atom. The van der Waals surface area contributed by atoms with Crippen LogP contribution in [0, 0.1) is 10.1 Å². The van der Waals surface area contributed by atoms with Crippen LogP contribution in [-0.2, 0) is 4.18 Å². The zero-order valence-corrected chi connectivity index (χ0v) is 10.4. The van der Waals surface area contributed by atoms with Crippen molar-refractivity contribution >= 4 is 35.3 Å². The molecular formula is C10H10N2O5S. The van der Waals surface area contributed by atoms with Gasteiger partial charge < -0.3 is 4.18 Å². The van der Waals surface area contributed by atoms with Crippen LogP contribution in [0.1, 0.15) is 17.3 Å². The van der Waals surface area contributed by atoms with Gasteiger partial charge in [-0.05, 0) is 19.1 Å². The SMILES string of the molecule is CSOC(=O)Nc1ccc(C(C)=O)c([N+](=O)[O-])c1. The predicted octanol–water partition coefficient (Wildman–Crippen LogP) is 2.62. The number of benzene rings is 1. The Morgan fingerprint density at radius 2 is 2.11 bits per heavy atom. The lowest BCUT2D eigenvalue weighted by atomic mass is 10.1. The first-order valence-corrected chi connectivity index (χ1v) is 5.91. The molecule has 1 aromatic carbocycles. The largest absolute Gasteiger partial charge is 0.423 e. The molecule has 18 heavy (non-hydrogen) atoms. The lowest BCUT2D eigenvalue weighted by Crippen LogP contribution is -2.10. The van der Waals surface area contributed by atoms with E-state index in [0.29, 0.717) is 0 Å². The molecule has 7 nitrogen and oxygen atoms in total. The molecule has 0 bridgehead atoms. The summed E-state index contributed by atoms with van der Waals surface area (Å²) < 4.78 is 4.55. The summed E-state index contributed by atoms with van der Waals surface area (Å²) in [7, 11) is 0. The molecule has 1 N–H and O–H groups in total. The third kappa shape index (κ3) is 3.45. The Morgan fingerprint density at radius 1 is 1.44 bits per heavy atom. The molecule has 0 atom stereocenters. The molecule has 0 spiro atoms. The molecule has 1 amide bonds. The molecule has 0 saturated carbocycles. The predicted molar refractivity (Wildman–Crippen MR) is 66.7 cm³/mol. The molecular weight excluding hydrogens is 260 g/mol. The number of anilines is 1. The van der Waals surface area contributed by atoms with Gasteiger partial charge in [0.25, 0.3) is 5.69 Å². The lowest BCUT2D eigenvalue weighted by molar-refractivity contribution is -0.385. The van der Waals surface area contributed by atoms with E-state index in [1.807, 2.05) is 0 Å². The Hall–Kier alpha value is -2.09. The summed E-state index contributed by atoms with van der Waals surface area (Å²) in [4.78, 5) is 32.4. The summed E-state index contributed by atoms with van der Waals surface area (Å²) in [5.41, 5.74) is -0.181. The molecule has 0 unspecified atom stereocenters. The van der Waals surface area contributed by atoms with Crippen LogP contribution < -0.4 is 5.32 Å². The molecule has 0 aromatic heterocycles. The Labute approximate surface area is 107 Å². The average molecular weight is 270 g/mol. The number of nitro benzene ring substituents is 1. The van der Waals surface area contributed by atoms with Gasteiger partial charge in [0.1, 0.15) is 0 Å². The first-order chi connectivity index (χ1) is 8.45. The Balaban J connectivity index is 3.04. The number of Topliss-reactive ketones (excluding diaryl/α,β-unsaturated/α-hetero) is 1. The number of nitro groups is 1. The summed E-state index contributed by atoms with van der Waals surface area (Å²) in [6, 6.07) is 3.79. The van der Waals surface area contributed by atoms with Crippen molar-refractivity contribution in [3.63, 3.8) is 0 Å². The maximum Gasteiger partial charge on any atom is 0.423 e. The highest BCUT2D eigenvalue weighted by Gasteiger charge is 2.18. The second kappa shape index (κ2) is 6.01. The van der Waals surface area contributed by atoms with Gasteiger partial charge in [0.15, 0.2) is 5.78 Å². The van der Waals surface area contributed by atoms with Gasteiger partial charge in [-0.25, -0.2) is 4.79 Å². The van der Waals surface area contributed by atoms with Gasteiger partial charge >= 0.3 is 6.09 Å². The number of ketones is 1. The second-order valence-corrected chi connectivity index (χ2v) is 3.71. The zero-order chi connectivity index (χ0) is 13.7. The van der Waals surface area contributed by atoms with Crippen LogP contribution in [0.15, 0.2) is 18.2 Å². The molecule has 0 radical (unpaired) electrons. The normalized spacial score (nSPS) is 9.67. The van der Waals surface area contributed by atoms with Crippen molar-refractivity contribution in [3.8, 4) is 0 Å². The van der Waals surface area contributed by atoms with Crippen molar-refractivity contribution in [2.75, 3.05) is 11.6 Å². The fourth-order valence-electron chi connectivity index (χ4n) is 1.27. The standard InChI is InChI=1S/C10H10N2O5S/c1-6(13)8-4-3-7(5-9(8)12(15)16)11-10(14)17-18-2/h3-5H,1-2H3,(H,11,14). The minimum absolute atomic E-state index is 0.0104. The molecule has 0 saturated heterocycles. The highest BCUT2D eigenvalue weighted by Crippen LogP contribution is 2.23. The Kier molecular flexibility index (Phi) is 4.67. The van der Waals surface area contributed by atoms with E-state index in [2.05, 4.69) is 9.50 Å². The highest BCUT2D eigenvalue weighted by atomic mass is 32.2. The maximum absolute atomic E-state index is 11.2. The number of hydrogen-bond donors (Lipinski definition) is 1. The summed E-state index contributed by atoms with van der Waals surface area (Å²) >= 11 is 0.847. The minimum Gasteiger partial charge on any atom is -0.375 e. The van der Waals surface area contributed by atoms with Gasteiger partial charge in [-0.2, -0.15) is 0 Å². The van der Waals surface area contributed by atoms with E-state index >= 15 is 0 Å². The van der Waals surface area contributed by atoms with Crippen molar-refractivity contribution in [2.45, 2.75) is 6.92 Å². The fourth-order valence-corrected chi connectivity index (χ4v) is 1.47. The van der Waals surface area contributed by atoms with Crippen LogP contribution >= 0.6 is 12.0 Å². The number of amides is 1. The zero-order valence-electron chi connectivity index (χ0n) is 9.63. The summed E-state index contributed by atoms with van der Waals surface area (Å²) in [5, 5.41) is 13.1. The van der Waals surface area contributed by atoms with E-state index in [1.54, 1.807) is 6.26 Å². The minimum atomic E-state index is -0.743. The molecule has 8 heteroatoms. The van der Waals surface area contributed by atoms with E-state index in [0.717, 1.165) is 18.1 Å². The topological polar surface area (TPSA) is 98.5 Å². The second-order valence-electron chi connectivity index (χ2n) is 3.21. The van der Waals surface area contributed by atoms with Gasteiger partial charge in [-0.3, -0.25) is 20.2 Å². The third-order valence-electron chi connectivity index (χ3n) is 1.98. The first kappa shape index (κ1) is 14.0. The molecule has 0 heterocycles. The van der Waals surface area contributed by atoms with Gasteiger partial charge in [0, 0.05) is 12.3 Å². The van der Waals surface area contributed by atoms with Gasteiger partial charge in [0.2, 0.25) is 0 Å². The Bertz CT molecular complexity index is 503. The molecule has 1 aromatic rings. The van der Waals surface area contributed by atoms with Crippen LogP contribution in [0.2, 0.25) is 0 Å². The van der Waals surface area contributed by atoms with Gasteiger partial charge in [-0.15, -0.1) is 0 Å². The van der Waals surface area contributed by atoms with Crippen LogP contribution in [0.5, 0.6) is 0 Å². The molecule has 96 valence electrons. The fraction of sp³-hybridized carbons (Fsp3) is 0.200. The number of hydrogen-bond acceptors (Lipinski definition) is 6. The van der Waals surface area contributed by atoms with E-state index in [9.17, 15) is 19.7 Å². The van der Waals surface area contributed by atoms with Gasteiger partial charge in [-0.1, -0.05) is 0 Å². The summed E-state index contributed by atoms with van der Waals surface area (Å²) in [6.45, 7) is 1.23. The van der Waals surface area contributed by atoms with Crippen molar-refractivity contribution < 1.29 is 18.7 Å². The van der Waals surface area contributed by atoms with E-state index in [4.69, 9.17) is 0 Å². The molecule has 0 fully saturated rings. The summed E-state index contributed by atoms with van der Waals surface area (Å²) in [5.74, 6) is -0.417. The smallest absolute Gasteiger partial charge is 0.375 e. The summed E-state index contributed by atoms with van der Waals surface area (Å²) in [6.07, 6.45) is 0.813. The molecule has 0 aliphatic rings. The van der Waals surface area contributed by atoms with E-state index in [-0.39, 0.29) is 16.9 Å². The number of nitrogens with one attached hydrogen (secondary N) is 1. The highest BCUT2D eigenvalue weighted by molar-refractivity contribution is 7.94. The van der Waals surface area contributed by atoms with Crippen LogP contribution in [0.3, 0.4) is 0 Å². The van der Waals surface area contributed by atoms with Gasteiger partial charge in [0.05, 0.1) is 28.2 Å². The van der Waals surface area contributed by atoms with Crippen molar-refractivity contribution in [3.05, 3.63) is 33.9 Å². The van der Waals surface area contributed by atoms with Crippen LogP contribution in [-0.4, -0.2) is 23.1 Å². The first-order valence-electron chi connectivity index (χ1n) is 4.76. The lowest BCUT2D eigenvalue weighted by Gasteiger charge is -2.05. The van der Waals surface area contributed by atoms with Crippen molar-refractivity contribution in [1.29, 1.82) is 0 Å². The maximum atomic E-state index is 11.2. The monoisotopic (exact) mass is 270 g/mol. The quantitative estimate of drug-likeness (QED) is 0.391. The van der Waals surface area contributed by atoms with Crippen LogP contribution in [0.25, 0.3) is 0 Å². The number of rotatable bonds is 4. The number of carbonyl (C=O) groups excluding carboxylic acids is 2. The molecule has 0 aliphatic heterocycles. The number of nitrogens with zero attached hydrogens (tertiary/aromatic N) is 1. The van der Waals surface area contributed by atoms with Crippen molar-refractivity contribution in [2.24, 2.45) is 0 Å². The van der Waals surface area contributed by atoms with E-state index in [1.165, 1.54) is 19.1 Å². The van der Waals surface area contributed by atoms with Crippen molar-refractivity contribution in [1.82, 2.24) is 0 Å². The number of carbonyl (C=O) groups is 2. The molecule has 1 rings (SSSR count). The van der Waals surface area contributed by atoms with E-state index < -0.39 is 16.8 Å².